The summed E-state index contributed by atoms with van der Waals surface area (Å²) in [5.41, 5.74) is 0.324. The molecule has 0 radical (unpaired) electrons. The lowest BCUT2D eigenvalue weighted by Crippen LogP contribution is -2.52. The maximum Gasteiger partial charge on any atom is 0.254 e. The molecule has 0 spiro atoms. The molecule has 0 aliphatic carbocycles. The molecule has 2 aliphatic rings. The fourth-order valence-electron chi connectivity index (χ4n) is 4.30. The third kappa shape index (κ3) is 9.67. The molecule has 2 saturated heterocycles. The predicted molar refractivity (Wildman–Crippen MR) is 134 cm³/mol. The first kappa shape index (κ1) is 27.8. The Morgan fingerprint density at radius 2 is 1.94 bits per heavy atom. The van der Waals surface area contributed by atoms with Gasteiger partial charge in [0.05, 0.1) is 51.3 Å². The van der Waals surface area contributed by atoms with E-state index in [2.05, 4.69) is 9.80 Å². The van der Waals surface area contributed by atoms with Crippen LogP contribution in [0.5, 0.6) is 5.75 Å². The Hall–Kier alpha value is -1.75. The molecule has 9 nitrogen and oxygen atoms in total. The highest BCUT2D eigenvalue weighted by Gasteiger charge is 2.28. The van der Waals surface area contributed by atoms with Gasteiger partial charge in [-0.25, -0.2) is 0 Å². The molecule has 0 aromatic heterocycles. The van der Waals surface area contributed by atoms with Gasteiger partial charge in [-0.3, -0.25) is 14.6 Å². The Kier molecular flexibility index (Phi) is 10.8. The van der Waals surface area contributed by atoms with Gasteiger partial charge in [0.2, 0.25) is 0 Å². The molecule has 2 aliphatic heterocycles. The highest BCUT2D eigenvalue weighted by molar-refractivity contribution is 5.94. The topological polar surface area (TPSA) is 83.9 Å². The summed E-state index contributed by atoms with van der Waals surface area (Å²) in [5, 5.41) is 10.4. The Morgan fingerprint density at radius 3 is 2.66 bits per heavy atom. The highest BCUT2D eigenvalue weighted by Crippen LogP contribution is 2.17. The molecule has 2 fully saturated rings. The highest BCUT2D eigenvalue weighted by atomic mass is 16.5. The number of benzene rings is 1. The molecule has 1 aromatic carbocycles. The van der Waals surface area contributed by atoms with E-state index in [4.69, 9.17) is 18.9 Å². The van der Waals surface area contributed by atoms with E-state index in [-0.39, 0.29) is 17.6 Å². The zero-order chi connectivity index (χ0) is 25.3. The van der Waals surface area contributed by atoms with Crippen LogP contribution in [0.15, 0.2) is 24.3 Å². The third-order valence-corrected chi connectivity index (χ3v) is 6.22. The van der Waals surface area contributed by atoms with Gasteiger partial charge in [-0.2, -0.15) is 0 Å². The Balaban J connectivity index is 1.61. The maximum atomic E-state index is 13.5. The summed E-state index contributed by atoms with van der Waals surface area (Å²) in [6.45, 7) is 13.8. The van der Waals surface area contributed by atoms with Crippen molar-refractivity contribution in [1.29, 1.82) is 0 Å². The van der Waals surface area contributed by atoms with E-state index in [1.54, 1.807) is 13.2 Å². The number of morpholine rings is 2. The second-order valence-electron chi connectivity index (χ2n) is 10.3. The summed E-state index contributed by atoms with van der Waals surface area (Å²) in [7, 11) is 1.60. The van der Waals surface area contributed by atoms with E-state index >= 15 is 0 Å². The number of nitrogens with zero attached hydrogens (tertiary/aromatic N) is 3. The van der Waals surface area contributed by atoms with Crippen LogP contribution in [0.2, 0.25) is 0 Å². The lowest BCUT2D eigenvalue weighted by atomic mass is 10.1. The molecule has 1 aromatic rings. The minimum atomic E-state index is -0.566. The molecule has 2 heterocycles. The van der Waals surface area contributed by atoms with Crippen molar-refractivity contribution in [2.45, 2.75) is 38.6 Å². The van der Waals surface area contributed by atoms with Crippen LogP contribution in [0.25, 0.3) is 0 Å². The fourth-order valence-corrected chi connectivity index (χ4v) is 4.30. The Morgan fingerprint density at radius 1 is 1.20 bits per heavy atom. The van der Waals surface area contributed by atoms with Gasteiger partial charge in [0, 0.05) is 57.9 Å². The van der Waals surface area contributed by atoms with Crippen LogP contribution in [-0.4, -0.2) is 129 Å². The molecular formula is C26H43N3O6. The number of carbonyl (C=O) groups is 1. The number of carbonyl (C=O) groups excluding carboxylic acids is 1. The number of amides is 1. The second-order valence-corrected chi connectivity index (χ2v) is 10.3. The van der Waals surface area contributed by atoms with Crippen LogP contribution in [-0.2, 0) is 14.2 Å². The number of rotatable bonds is 11. The van der Waals surface area contributed by atoms with Crippen molar-refractivity contribution in [3.05, 3.63) is 29.8 Å². The summed E-state index contributed by atoms with van der Waals surface area (Å²) in [6.07, 6.45) is -0.692. The average molecular weight is 494 g/mol. The van der Waals surface area contributed by atoms with Gasteiger partial charge in [0.1, 0.15) is 5.75 Å². The quantitative estimate of drug-likeness (QED) is 0.495. The van der Waals surface area contributed by atoms with Gasteiger partial charge < -0.3 is 29.0 Å². The largest absolute Gasteiger partial charge is 0.497 e. The van der Waals surface area contributed by atoms with Crippen LogP contribution in [0, 0.1) is 0 Å². The Bertz CT molecular complexity index is 781. The summed E-state index contributed by atoms with van der Waals surface area (Å²) in [4.78, 5) is 19.9. The zero-order valence-corrected chi connectivity index (χ0v) is 21.8. The molecule has 35 heavy (non-hydrogen) atoms. The first-order valence-corrected chi connectivity index (χ1v) is 12.6. The molecule has 1 N–H and O–H groups in total. The van der Waals surface area contributed by atoms with Crippen molar-refractivity contribution in [2.75, 3.05) is 85.9 Å². The van der Waals surface area contributed by atoms with E-state index in [0.717, 1.165) is 39.4 Å². The molecule has 1 amide bonds. The van der Waals surface area contributed by atoms with Gasteiger partial charge in [0.25, 0.3) is 5.91 Å². The van der Waals surface area contributed by atoms with Crippen molar-refractivity contribution in [3.8, 4) is 5.75 Å². The lowest BCUT2D eigenvalue weighted by Gasteiger charge is -2.37. The maximum absolute atomic E-state index is 13.5. The van der Waals surface area contributed by atoms with E-state index in [9.17, 15) is 9.90 Å². The van der Waals surface area contributed by atoms with E-state index in [1.807, 2.05) is 43.9 Å². The van der Waals surface area contributed by atoms with Crippen molar-refractivity contribution in [3.63, 3.8) is 0 Å². The first-order valence-electron chi connectivity index (χ1n) is 12.6. The van der Waals surface area contributed by atoms with E-state index in [1.165, 1.54) is 0 Å². The minimum absolute atomic E-state index is 0.0310. The molecular weight excluding hydrogens is 450 g/mol. The van der Waals surface area contributed by atoms with E-state index < -0.39 is 6.10 Å². The average Bonchev–Trinajstić information content (AvgIpc) is 2.85. The monoisotopic (exact) mass is 493 g/mol. The second kappa shape index (κ2) is 13.5. The van der Waals surface area contributed by atoms with Gasteiger partial charge in [-0.05, 0) is 39.0 Å². The lowest BCUT2D eigenvalue weighted by molar-refractivity contribution is -0.0783. The number of hydrogen-bond acceptors (Lipinski definition) is 8. The minimum Gasteiger partial charge on any atom is -0.497 e. The van der Waals surface area contributed by atoms with Crippen molar-refractivity contribution in [2.24, 2.45) is 0 Å². The predicted octanol–water partition coefficient (Wildman–Crippen LogP) is 1.35. The van der Waals surface area contributed by atoms with Crippen molar-refractivity contribution >= 4 is 5.91 Å². The van der Waals surface area contributed by atoms with Crippen LogP contribution in [0.1, 0.15) is 31.1 Å². The van der Waals surface area contributed by atoms with Crippen LogP contribution in [0.3, 0.4) is 0 Å². The number of methoxy groups -OCH3 is 1. The smallest absolute Gasteiger partial charge is 0.254 e. The molecule has 0 saturated carbocycles. The van der Waals surface area contributed by atoms with Gasteiger partial charge in [-0.1, -0.05) is 6.07 Å². The SMILES string of the molecule is COc1cccc(C(=O)N(CCN2CCOCC2)C[C@@H]2CN(C[C@H](O)COC(C)(C)C)CCO2)c1. The zero-order valence-electron chi connectivity index (χ0n) is 21.8. The molecule has 0 unspecified atom stereocenters. The number of aliphatic hydroxyl groups is 1. The molecule has 198 valence electrons. The summed E-state index contributed by atoms with van der Waals surface area (Å²) >= 11 is 0. The third-order valence-electron chi connectivity index (χ3n) is 6.22. The van der Waals surface area contributed by atoms with Crippen LogP contribution >= 0.6 is 0 Å². The molecule has 3 rings (SSSR count). The summed E-state index contributed by atoms with van der Waals surface area (Å²) in [5.74, 6) is 0.632. The standard InChI is InChI=1S/C26H43N3O6/c1-26(2,3)35-20-22(30)17-28-12-15-34-24(18-28)19-29(9-8-27-10-13-33-14-11-27)25(31)21-6-5-7-23(16-21)32-4/h5-7,16,22,24,30H,8-15,17-20H2,1-4H3/t22-,24-/m0/s1. The van der Waals surface area contributed by atoms with Crippen molar-refractivity contribution in [1.82, 2.24) is 14.7 Å². The van der Waals surface area contributed by atoms with Crippen molar-refractivity contribution < 1.29 is 28.8 Å². The van der Waals surface area contributed by atoms with E-state index in [0.29, 0.717) is 50.7 Å². The number of hydrogen-bond donors (Lipinski definition) is 1. The Labute approximate surface area is 209 Å². The summed E-state index contributed by atoms with van der Waals surface area (Å²) < 4.78 is 22.6. The summed E-state index contributed by atoms with van der Waals surface area (Å²) in [6, 6.07) is 7.29. The normalized spacial score (nSPS) is 21.0. The van der Waals surface area contributed by atoms with Crippen LogP contribution in [0.4, 0.5) is 0 Å². The number of β-amino-alcohol motifs (C(OH)–C–C–N with tert-alkyl or cyclic N) is 1. The number of ether oxygens (including phenoxy) is 4. The molecule has 9 heteroatoms. The van der Waals surface area contributed by atoms with Crippen LogP contribution < -0.4 is 4.74 Å². The van der Waals surface area contributed by atoms with Gasteiger partial charge in [0.15, 0.2) is 0 Å². The van der Waals surface area contributed by atoms with Gasteiger partial charge in [-0.15, -0.1) is 0 Å². The number of aliphatic hydroxyl groups excluding tert-OH is 1. The van der Waals surface area contributed by atoms with Gasteiger partial charge >= 0.3 is 0 Å². The molecule has 2 atom stereocenters. The first-order chi connectivity index (χ1) is 16.7. The fraction of sp³-hybridized carbons (Fsp3) is 0.731. The molecule has 0 bridgehead atoms.